The monoisotopic (exact) mass is 292 g/mol. The van der Waals surface area contributed by atoms with Gasteiger partial charge in [-0.15, -0.1) is 0 Å². The number of benzene rings is 1. The number of amides is 1. The molecule has 18 heavy (non-hydrogen) atoms. The number of halogens is 3. The van der Waals surface area contributed by atoms with Gasteiger partial charge in [-0.05, 0) is 12.1 Å². The fraction of sp³-hybridized carbons (Fsp3) is 0.364. The molecule has 0 aliphatic carbocycles. The zero-order valence-electron chi connectivity index (χ0n) is 9.30. The molecule has 1 fully saturated rings. The summed E-state index contributed by atoms with van der Waals surface area (Å²) in [5, 5.41) is 5.68. The molecule has 1 aliphatic rings. The van der Waals surface area contributed by atoms with Crippen molar-refractivity contribution in [1.82, 2.24) is 5.32 Å². The van der Waals surface area contributed by atoms with Crippen molar-refractivity contribution in [2.45, 2.75) is 6.04 Å². The summed E-state index contributed by atoms with van der Waals surface area (Å²) in [5.41, 5.74) is 0.206. The van der Waals surface area contributed by atoms with Gasteiger partial charge in [0.1, 0.15) is 11.9 Å². The van der Waals surface area contributed by atoms with Crippen LogP contribution in [0.15, 0.2) is 12.1 Å². The molecule has 1 heterocycles. The first-order valence-electron chi connectivity index (χ1n) is 5.34. The van der Waals surface area contributed by atoms with Crippen LogP contribution in [0, 0.1) is 5.82 Å². The van der Waals surface area contributed by atoms with E-state index < -0.39 is 11.9 Å². The number of ether oxygens (including phenoxy) is 1. The lowest BCUT2D eigenvalue weighted by atomic mass is 10.2. The van der Waals surface area contributed by atoms with E-state index in [0.717, 1.165) is 12.1 Å². The minimum absolute atomic E-state index is 0.0603. The molecule has 1 amide bonds. The molecule has 0 aromatic heterocycles. The SMILES string of the molecule is O=C(Nc1c(Cl)cc(F)cc1Cl)C1COCCN1. The van der Waals surface area contributed by atoms with Crippen LogP contribution < -0.4 is 10.6 Å². The van der Waals surface area contributed by atoms with E-state index in [9.17, 15) is 9.18 Å². The molecule has 0 radical (unpaired) electrons. The fourth-order valence-electron chi connectivity index (χ4n) is 1.61. The third kappa shape index (κ3) is 3.11. The van der Waals surface area contributed by atoms with Crippen molar-refractivity contribution < 1.29 is 13.9 Å². The highest BCUT2D eigenvalue weighted by atomic mass is 35.5. The molecule has 1 aromatic rings. The van der Waals surface area contributed by atoms with Gasteiger partial charge in [0, 0.05) is 6.54 Å². The summed E-state index contributed by atoms with van der Waals surface area (Å²) in [4.78, 5) is 11.9. The molecule has 1 atom stereocenters. The normalized spacial score (nSPS) is 19.6. The van der Waals surface area contributed by atoms with Crippen LogP contribution in [0.3, 0.4) is 0 Å². The molecular weight excluding hydrogens is 282 g/mol. The van der Waals surface area contributed by atoms with Gasteiger partial charge in [-0.25, -0.2) is 4.39 Å². The Balaban J connectivity index is 2.11. The summed E-state index contributed by atoms with van der Waals surface area (Å²) in [5.74, 6) is -0.868. The van der Waals surface area contributed by atoms with Crippen LogP contribution in [0.25, 0.3) is 0 Å². The largest absolute Gasteiger partial charge is 0.378 e. The molecule has 4 nitrogen and oxygen atoms in total. The number of nitrogens with one attached hydrogen (secondary N) is 2. The van der Waals surface area contributed by atoms with Crippen molar-refractivity contribution in [2.75, 3.05) is 25.1 Å². The number of morpholine rings is 1. The molecule has 2 N–H and O–H groups in total. The second-order valence-electron chi connectivity index (χ2n) is 3.82. The van der Waals surface area contributed by atoms with Crippen LogP contribution in [0.2, 0.25) is 10.0 Å². The Morgan fingerprint density at radius 3 is 2.67 bits per heavy atom. The summed E-state index contributed by atoms with van der Waals surface area (Å²) < 4.78 is 18.2. The molecule has 0 saturated carbocycles. The first kappa shape index (κ1) is 13.5. The Morgan fingerprint density at radius 1 is 1.44 bits per heavy atom. The summed E-state index contributed by atoms with van der Waals surface area (Å²) in [6.07, 6.45) is 0. The van der Waals surface area contributed by atoms with Gasteiger partial charge in [-0.1, -0.05) is 23.2 Å². The summed E-state index contributed by atoms with van der Waals surface area (Å²) >= 11 is 11.7. The van der Waals surface area contributed by atoms with E-state index in [1.807, 2.05) is 0 Å². The van der Waals surface area contributed by atoms with Crippen molar-refractivity contribution >= 4 is 34.8 Å². The lowest BCUT2D eigenvalue weighted by Gasteiger charge is -2.23. The maximum atomic E-state index is 13.0. The summed E-state index contributed by atoms with van der Waals surface area (Å²) in [6.45, 7) is 1.45. The highest BCUT2D eigenvalue weighted by molar-refractivity contribution is 6.39. The summed E-state index contributed by atoms with van der Waals surface area (Å²) in [7, 11) is 0. The van der Waals surface area contributed by atoms with E-state index in [0.29, 0.717) is 13.2 Å². The highest BCUT2D eigenvalue weighted by Crippen LogP contribution is 2.31. The van der Waals surface area contributed by atoms with Crippen LogP contribution in [-0.4, -0.2) is 31.7 Å². The van der Waals surface area contributed by atoms with Gasteiger partial charge >= 0.3 is 0 Å². The van der Waals surface area contributed by atoms with Gasteiger partial charge in [0.2, 0.25) is 5.91 Å². The average Bonchev–Trinajstić information content (AvgIpc) is 2.34. The van der Waals surface area contributed by atoms with Gasteiger partial charge in [0.05, 0.1) is 28.9 Å². The van der Waals surface area contributed by atoms with Gasteiger partial charge in [0.15, 0.2) is 0 Å². The Hall–Kier alpha value is -0.880. The van der Waals surface area contributed by atoms with Crippen LogP contribution in [-0.2, 0) is 9.53 Å². The van der Waals surface area contributed by atoms with Crippen molar-refractivity contribution in [3.8, 4) is 0 Å². The lowest BCUT2D eigenvalue weighted by Crippen LogP contribution is -2.48. The molecule has 2 rings (SSSR count). The second-order valence-corrected chi connectivity index (χ2v) is 4.63. The van der Waals surface area contributed by atoms with E-state index in [2.05, 4.69) is 10.6 Å². The van der Waals surface area contributed by atoms with Crippen LogP contribution in [0.1, 0.15) is 0 Å². The topological polar surface area (TPSA) is 50.4 Å². The third-order valence-corrected chi connectivity index (χ3v) is 3.09. The first-order chi connectivity index (χ1) is 8.58. The number of hydrogen-bond acceptors (Lipinski definition) is 3. The van der Waals surface area contributed by atoms with Crippen LogP contribution in [0.5, 0.6) is 0 Å². The van der Waals surface area contributed by atoms with Gasteiger partial charge < -0.3 is 15.4 Å². The fourth-order valence-corrected chi connectivity index (χ4v) is 2.16. The molecule has 98 valence electrons. The van der Waals surface area contributed by atoms with Gasteiger partial charge in [0.25, 0.3) is 0 Å². The average molecular weight is 293 g/mol. The number of hydrogen-bond donors (Lipinski definition) is 2. The van der Waals surface area contributed by atoms with E-state index in [-0.39, 0.29) is 28.2 Å². The molecule has 7 heteroatoms. The second kappa shape index (κ2) is 5.84. The summed E-state index contributed by atoms with van der Waals surface area (Å²) in [6, 6.07) is 1.72. The minimum atomic E-state index is -0.554. The Morgan fingerprint density at radius 2 is 2.11 bits per heavy atom. The van der Waals surface area contributed by atoms with E-state index in [1.54, 1.807) is 0 Å². The van der Waals surface area contributed by atoms with E-state index in [1.165, 1.54) is 0 Å². The molecule has 1 saturated heterocycles. The number of rotatable bonds is 2. The van der Waals surface area contributed by atoms with Crippen molar-refractivity contribution in [2.24, 2.45) is 0 Å². The van der Waals surface area contributed by atoms with Crippen molar-refractivity contribution in [3.05, 3.63) is 28.0 Å². The molecule has 0 bridgehead atoms. The predicted octanol–water partition coefficient (Wildman–Crippen LogP) is 2.06. The Bertz CT molecular complexity index is 441. The maximum absolute atomic E-state index is 13.0. The molecule has 1 unspecified atom stereocenters. The Kier molecular flexibility index (Phi) is 4.40. The molecule has 1 aliphatic heterocycles. The molecular formula is C11H11Cl2FN2O2. The van der Waals surface area contributed by atoms with E-state index in [4.69, 9.17) is 27.9 Å². The number of anilines is 1. The first-order valence-corrected chi connectivity index (χ1v) is 6.10. The number of carbonyl (C=O) groups is 1. The quantitative estimate of drug-likeness (QED) is 0.877. The maximum Gasteiger partial charge on any atom is 0.243 e. The zero-order valence-corrected chi connectivity index (χ0v) is 10.8. The smallest absolute Gasteiger partial charge is 0.243 e. The van der Waals surface area contributed by atoms with Crippen LogP contribution in [0.4, 0.5) is 10.1 Å². The molecule has 1 aromatic carbocycles. The minimum Gasteiger partial charge on any atom is -0.378 e. The standard InChI is InChI=1S/C11H11Cl2FN2O2/c12-7-3-6(14)4-8(13)10(7)16-11(17)9-5-18-2-1-15-9/h3-4,9,15H,1-2,5H2,(H,16,17). The number of carbonyl (C=O) groups excluding carboxylic acids is 1. The van der Waals surface area contributed by atoms with Crippen molar-refractivity contribution in [3.63, 3.8) is 0 Å². The van der Waals surface area contributed by atoms with Gasteiger partial charge in [-0.3, -0.25) is 4.79 Å². The highest BCUT2D eigenvalue weighted by Gasteiger charge is 2.22. The Labute approximate surface area is 113 Å². The molecule has 0 spiro atoms. The zero-order chi connectivity index (χ0) is 13.1. The van der Waals surface area contributed by atoms with Crippen LogP contribution >= 0.6 is 23.2 Å². The van der Waals surface area contributed by atoms with Crippen molar-refractivity contribution in [1.29, 1.82) is 0 Å². The van der Waals surface area contributed by atoms with Gasteiger partial charge in [-0.2, -0.15) is 0 Å². The van der Waals surface area contributed by atoms with E-state index >= 15 is 0 Å². The third-order valence-electron chi connectivity index (χ3n) is 2.49. The lowest BCUT2D eigenvalue weighted by molar-refractivity contribution is -0.120. The predicted molar refractivity (Wildman–Crippen MR) is 67.7 cm³/mol.